The van der Waals surface area contributed by atoms with Gasteiger partial charge in [0.25, 0.3) is 5.91 Å². The van der Waals surface area contributed by atoms with Crippen LogP contribution in [0, 0.1) is 0 Å². The van der Waals surface area contributed by atoms with E-state index < -0.39 is 5.54 Å². The molecule has 7 heteroatoms. The lowest BCUT2D eigenvalue weighted by Crippen LogP contribution is -2.64. The summed E-state index contributed by atoms with van der Waals surface area (Å²) in [6, 6.07) is 8.46. The third kappa shape index (κ3) is 3.61. The minimum absolute atomic E-state index is 0.0252. The summed E-state index contributed by atoms with van der Waals surface area (Å²) >= 11 is 3.38. The maximum absolute atomic E-state index is 13.7. The van der Waals surface area contributed by atoms with Crippen molar-refractivity contribution in [2.75, 3.05) is 0 Å². The van der Waals surface area contributed by atoms with E-state index in [0.29, 0.717) is 18.8 Å². The van der Waals surface area contributed by atoms with Crippen LogP contribution in [0.25, 0.3) is 10.2 Å². The van der Waals surface area contributed by atoms with Crippen LogP contribution in [0.3, 0.4) is 0 Å². The summed E-state index contributed by atoms with van der Waals surface area (Å²) in [7, 11) is 0. The van der Waals surface area contributed by atoms with Crippen molar-refractivity contribution in [2.45, 2.75) is 77.0 Å². The Kier molecular flexibility index (Phi) is 5.42. The maximum Gasteiger partial charge on any atom is 0.271 e. The second-order valence-corrected chi connectivity index (χ2v) is 11.2. The number of thiophene rings is 2. The number of rotatable bonds is 5. The van der Waals surface area contributed by atoms with Crippen molar-refractivity contribution >= 4 is 44.7 Å². The topological polar surface area (TPSA) is 54.3 Å². The van der Waals surface area contributed by atoms with Gasteiger partial charge in [-0.2, -0.15) is 0 Å². The molecule has 1 N–H and O–H groups in total. The van der Waals surface area contributed by atoms with E-state index in [2.05, 4.69) is 22.9 Å². The zero-order valence-electron chi connectivity index (χ0n) is 18.1. The third-order valence-electron chi connectivity index (χ3n) is 6.84. The summed E-state index contributed by atoms with van der Waals surface area (Å²) in [6.45, 7) is 5.04. The first kappa shape index (κ1) is 20.8. The minimum atomic E-state index is -0.925. The predicted molar refractivity (Wildman–Crippen MR) is 127 cm³/mol. The molecular formula is C24H29N3O2S2. The normalized spacial score (nSPS) is 22.1. The lowest BCUT2D eigenvalue weighted by atomic mass is 9.91. The predicted octanol–water partition coefficient (Wildman–Crippen LogP) is 5.19. The molecular weight excluding hydrogens is 426 g/mol. The average molecular weight is 456 g/mol. The molecule has 1 fully saturated rings. The van der Waals surface area contributed by atoms with Gasteiger partial charge in [0, 0.05) is 15.8 Å². The fourth-order valence-electron chi connectivity index (χ4n) is 4.96. The third-order valence-corrected chi connectivity index (χ3v) is 8.92. The molecule has 0 bridgehead atoms. The van der Waals surface area contributed by atoms with Crippen LogP contribution in [0.4, 0.5) is 0 Å². The van der Waals surface area contributed by atoms with Gasteiger partial charge in [-0.3, -0.25) is 9.59 Å². The molecule has 0 spiro atoms. The van der Waals surface area contributed by atoms with Gasteiger partial charge in [0.15, 0.2) is 0 Å². The molecule has 2 aliphatic rings. The molecule has 164 valence electrons. The van der Waals surface area contributed by atoms with Crippen LogP contribution in [0.2, 0.25) is 0 Å². The van der Waals surface area contributed by atoms with Crippen molar-refractivity contribution in [2.24, 2.45) is 0 Å². The molecule has 1 aliphatic heterocycles. The molecule has 1 aliphatic carbocycles. The number of fused-ring (bicyclic) bond motifs is 3. The number of amides is 2. The van der Waals surface area contributed by atoms with Crippen molar-refractivity contribution in [3.05, 3.63) is 45.1 Å². The van der Waals surface area contributed by atoms with E-state index in [1.165, 1.54) is 11.3 Å². The Hall–Kier alpha value is -2.12. The van der Waals surface area contributed by atoms with Crippen molar-refractivity contribution < 1.29 is 9.59 Å². The summed E-state index contributed by atoms with van der Waals surface area (Å²) in [5, 5.41) is 5.33. The van der Waals surface area contributed by atoms with Gasteiger partial charge in [-0.15, -0.1) is 22.7 Å². The van der Waals surface area contributed by atoms with Gasteiger partial charge in [-0.25, -0.2) is 0 Å². The van der Waals surface area contributed by atoms with Crippen molar-refractivity contribution in [1.29, 1.82) is 0 Å². The van der Waals surface area contributed by atoms with Crippen molar-refractivity contribution in [3.8, 4) is 0 Å². The number of aromatic nitrogens is 1. The molecule has 5 rings (SSSR count). The highest BCUT2D eigenvalue weighted by Crippen LogP contribution is 2.37. The Balaban J connectivity index is 1.54. The first-order valence-corrected chi connectivity index (χ1v) is 13.0. The Bertz CT molecular complexity index is 1110. The highest BCUT2D eigenvalue weighted by Gasteiger charge is 2.48. The Morgan fingerprint density at radius 2 is 2.03 bits per heavy atom. The van der Waals surface area contributed by atoms with Crippen LogP contribution < -0.4 is 5.32 Å². The van der Waals surface area contributed by atoms with E-state index in [1.807, 2.05) is 30.5 Å². The number of carbonyl (C=O) groups excluding carboxylic acids is 2. The number of nitrogens with one attached hydrogen (secondary N) is 1. The van der Waals surface area contributed by atoms with E-state index >= 15 is 0 Å². The van der Waals surface area contributed by atoms with Crippen LogP contribution in [-0.4, -0.2) is 32.9 Å². The summed E-state index contributed by atoms with van der Waals surface area (Å²) in [6.07, 6.45) is 6.61. The van der Waals surface area contributed by atoms with Gasteiger partial charge >= 0.3 is 0 Å². The smallest absolute Gasteiger partial charge is 0.271 e. The molecule has 1 saturated carbocycles. The highest BCUT2D eigenvalue weighted by molar-refractivity contribution is 7.19. The van der Waals surface area contributed by atoms with Gasteiger partial charge in [0.1, 0.15) is 11.2 Å². The summed E-state index contributed by atoms with van der Waals surface area (Å²) in [4.78, 5) is 31.6. The quantitative estimate of drug-likeness (QED) is 0.576. The van der Waals surface area contributed by atoms with Crippen LogP contribution in [0.15, 0.2) is 29.6 Å². The zero-order chi connectivity index (χ0) is 21.6. The van der Waals surface area contributed by atoms with E-state index in [9.17, 15) is 9.59 Å². The molecule has 2 amide bonds. The van der Waals surface area contributed by atoms with E-state index in [1.54, 1.807) is 27.6 Å². The molecule has 5 nitrogen and oxygen atoms in total. The van der Waals surface area contributed by atoms with Crippen LogP contribution in [0.5, 0.6) is 0 Å². The maximum atomic E-state index is 13.7. The highest BCUT2D eigenvalue weighted by atomic mass is 32.1. The molecule has 3 aromatic rings. The molecule has 0 radical (unpaired) electrons. The number of aryl methyl sites for hydroxylation is 1. The van der Waals surface area contributed by atoms with Crippen molar-refractivity contribution in [3.63, 3.8) is 0 Å². The van der Waals surface area contributed by atoms with E-state index in [-0.39, 0.29) is 17.9 Å². The summed E-state index contributed by atoms with van der Waals surface area (Å²) in [5.41, 5.74) is 0.854. The Labute approximate surface area is 191 Å². The molecule has 0 saturated heterocycles. The second-order valence-electron chi connectivity index (χ2n) is 8.98. The average Bonchev–Trinajstić information content (AvgIpc) is 3.49. The number of carbonyl (C=O) groups is 2. The zero-order valence-corrected chi connectivity index (χ0v) is 19.8. The lowest BCUT2D eigenvalue weighted by Gasteiger charge is -2.44. The standard InChI is InChI=1S/C24H29N3O2S2/c1-3-17-12-19-21(31-17)13-20-22(28)27(14-18-10-7-11-30-18)24(2,15-26(19)20)23(29)25-16-8-5-4-6-9-16/h7,10-13,16H,3-6,8-9,14-15H2,1-2H3,(H,25,29). The first-order valence-electron chi connectivity index (χ1n) is 11.3. The second kappa shape index (κ2) is 8.10. The van der Waals surface area contributed by atoms with Gasteiger partial charge in [0.2, 0.25) is 5.91 Å². The summed E-state index contributed by atoms with van der Waals surface area (Å²) in [5.74, 6) is -0.0786. The Morgan fingerprint density at radius 3 is 2.74 bits per heavy atom. The van der Waals surface area contributed by atoms with Crippen molar-refractivity contribution in [1.82, 2.24) is 14.8 Å². The number of hydrogen-bond acceptors (Lipinski definition) is 4. The van der Waals surface area contributed by atoms with E-state index in [0.717, 1.165) is 47.2 Å². The fourth-order valence-corrected chi connectivity index (χ4v) is 6.69. The van der Waals surface area contributed by atoms with Crippen LogP contribution in [0.1, 0.15) is 66.2 Å². The van der Waals surface area contributed by atoms with Gasteiger partial charge < -0.3 is 14.8 Å². The Morgan fingerprint density at radius 1 is 1.23 bits per heavy atom. The minimum Gasteiger partial charge on any atom is -0.351 e. The van der Waals surface area contributed by atoms with Gasteiger partial charge in [-0.1, -0.05) is 32.3 Å². The molecule has 0 aromatic carbocycles. The number of hydrogen-bond donors (Lipinski definition) is 1. The molecule has 1 atom stereocenters. The van der Waals surface area contributed by atoms with E-state index in [4.69, 9.17) is 0 Å². The molecule has 3 aromatic heterocycles. The van der Waals surface area contributed by atoms with Crippen LogP contribution in [-0.2, 0) is 24.3 Å². The molecule has 31 heavy (non-hydrogen) atoms. The van der Waals surface area contributed by atoms with Crippen LogP contribution >= 0.6 is 22.7 Å². The fraction of sp³-hybridized carbons (Fsp3) is 0.500. The molecule has 4 heterocycles. The summed E-state index contributed by atoms with van der Waals surface area (Å²) < 4.78 is 3.21. The van der Waals surface area contributed by atoms with Gasteiger partial charge in [0.05, 0.1) is 23.3 Å². The van der Waals surface area contributed by atoms with Gasteiger partial charge in [-0.05, 0) is 49.8 Å². The molecule has 1 unspecified atom stereocenters. The monoisotopic (exact) mass is 455 g/mol. The lowest BCUT2D eigenvalue weighted by molar-refractivity contribution is -0.134. The number of nitrogens with zero attached hydrogens (tertiary/aromatic N) is 2. The first-order chi connectivity index (χ1) is 15.0. The SMILES string of the molecule is CCc1cc2c(cc3n2CC(C)(C(=O)NC2CCCCC2)N(Cc2cccs2)C3=O)s1. The largest absolute Gasteiger partial charge is 0.351 e.